The Labute approximate surface area is 106 Å². The Bertz CT molecular complexity index is 605. The number of nitrogen functional groups attached to an aromatic ring is 1. The molecule has 1 saturated carbocycles. The second-order valence-electron chi connectivity index (χ2n) is 4.78. The normalized spacial score (nSPS) is 20.7. The van der Waals surface area contributed by atoms with Gasteiger partial charge in [-0.2, -0.15) is 13.2 Å². The molecular formula is C12H9F3N2O2. The summed E-state index contributed by atoms with van der Waals surface area (Å²) >= 11 is 0. The molecule has 0 aromatic heterocycles. The van der Waals surface area contributed by atoms with Gasteiger partial charge in [0.15, 0.2) is 0 Å². The van der Waals surface area contributed by atoms with Gasteiger partial charge in [-0.05, 0) is 31.0 Å². The second kappa shape index (κ2) is 3.28. The van der Waals surface area contributed by atoms with Gasteiger partial charge in [0, 0.05) is 5.69 Å². The van der Waals surface area contributed by atoms with Crippen LogP contribution in [0.2, 0.25) is 0 Å². The number of benzene rings is 1. The topological polar surface area (TPSA) is 63.4 Å². The van der Waals surface area contributed by atoms with Crippen LogP contribution in [0.25, 0.3) is 0 Å². The molecule has 1 heterocycles. The number of hydrogen-bond donors (Lipinski definition) is 1. The van der Waals surface area contributed by atoms with Gasteiger partial charge in [-0.1, -0.05) is 0 Å². The van der Waals surface area contributed by atoms with E-state index < -0.39 is 23.5 Å². The van der Waals surface area contributed by atoms with E-state index in [9.17, 15) is 22.8 Å². The molecule has 100 valence electrons. The van der Waals surface area contributed by atoms with Crippen LogP contribution >= 0.6 is 0 Å². The van der Waals surface area contributed by atoms with Crippen molar-refractivity contribution in [3.8, 4) is 0 Å². The van der Waals surface area contributed by atoms with E-state index >= 15 is 0 Å². The minimum absolute atomic E-state index is 0.0188. The molecule has 1 fully saturated rings. The van der Waals surface area contributed by atoms with E-state index in [1.54, 1.807) is 0 Å². The van der Waals surface area contributed by atoms with Gasteiger partial charge in [0.1, 0.15) is 5.54 Å². The van der Waals surface area contributed by atoms with Crippen LogP contribution in [0.4, 0.5) is 18.9 Å². The lowest BCUT2D eigenvalue weighted by atomic mass is 10.1. The lowest BCUT2D eigenvalue weighted by Gasteiger charge is -2.27. The highest BCUT2D eigenvalue weighted by atomic mass is 19.4. The lowest BCUT2D eigenvalue weighted by Crippen LogP contribution is -2.51. The molecule has 0 radical (unpaired) electrons. The monoisotopic (exact) mass is 270 g/mol. The van der Waals surface area contributed by atoms with E-state index in [1.165, 1.54) is 18.2 Å². The average molecular weight is 270 g/mol. The Balaban J connectivity index is 2.09. The minimum atomic E-state index is -4.61. The predicted molar refractivity (Wildman–Crippen MR) is 59.4 cm³/mol. The minimum Gasteiger partial charge on any atom is -0.399 e. The van der Waals surface area contributed by atoms with Crippen molar-refractivity contribution in [2.45, 2.75) is 24.6 Å². The second-order valence-corrected chi connectivity index (χ2v) is 4.78. The first kappa shape index (κ1) is 12.0. The largest absolute Gasteiger partial charge is 0.412 e. The maximum absolute atomic E-state index is 13.0. The molecule has 1 aliphatic carbocycles. The third kappa shape index (κ3) is 1.41. The molecule has 2 N–H and O–H groups in total. The Morgan fingerprint density at radius 2 is 1.68 bits per heavy atom. The van der Waals surface area contributed by atoms with Gasteiger partial charge >= 0.3 is 6.18 Å². The third-order valence-corrected chi connectivity index (χ3v) is 3.59. The van der Waals surface area contributed by atoms with Crippen LogP contribution in [0, 0.1) is 0 Å². The van der Waals surface area contributed by atoms with Crippen LogP contribution in [0.15, 0.2) is 18.2 Å². The van der Waals surface area contributed by atoms with Gasteiger partial charge < -0.3 is 5.73 Å². The van der Waals surface area contributed by atoms with Gasteiger partial charge in [0.05, 0.1) is 11.1 Å². The zero-order chi connectivity index (χ0) is 14.0. The summed E-state index contributed by atoms with van der Waals surface area (Å²) in [6.07, 6.45) is -5.08. The van der Waals surface area contributed by atoms with Crippen molar-refractivity contribution in [3.63, 3.8) is 0 Å². The molecule has 2 amide bonds. The summed E-state index contributed by atoms with van der Waals surface area (Å²) < 4.78 is 39.1. The molecule has 3 rings (SSSR count). The number of amides is 2. The first-order chi connectivity index (χ1) is 8.78. The quantitative estimate of drug-likeness (QED) is 0.626. The zero-order valence-electron chi connectivity index (χ0n) is 9.62. The molecule has 0 spiro atoms. The first-order valence-electron chi connectivity index (χ1n) is 5.63. The number of anilines is 1. The Morgan fingerprint density at radius 3 is 2.21 bits per heavy atom. The maximum atomic E-state index is 13.0. The van der Waals surface area contributed by atoms with E-state index in [4.69, 9.17) is 5.73 Å². The van der Waals surface area contributed by atoms with E-state index in [-0.39, 0.29) is 29.7 Å². The highest BCUT2D eigenvalue weighted by molar-refractivity contribution is 6.22. The SMILES string of the molecule is Nc1ccc2c(c1)C(=O)N(C1(C(F)(F)F)CC1)C2=O. The van der Waals surface area contributed by atoms with Crippen LogP contribution < -0.4 is 5.73 Å². The Morgan fingerprint density at radius 1 is 1.11 bits per heavy atom. The number of carbonyl (C=O) groups excluding carboxylic acids is 2. The molecule has 1 aromatic rings. The van der Waals surface area contributed by atoms with Gasteiger partial charge in [0.2, 0.25) is 0 Å². The fraction of sp³-hybridized carbons (Fsp3) is 0.333. The zero-order valence-corrected chi connectivity index (χ0v) is 9.62. The molecule has 2 aliphatic rings. The molecule has 0 unspecified atom stereocenters. The summed E-state index contributed by atoms with van der Waals surface area (Å²) in [5.41, 5.74) is 3.33. The predicted octanol–water partition coefficient (Wildman–Crippen LogP) is 1.96. The van der Waals surface area contributed by atoms with Crippen LogP contribution in [-0.2, 0) is 0 Å². The van der Waals surface area contributed by atoms with Crippen molar-refractivity contribution in [2.24, 2.45) is 0 Å². The third-order valence-electron chi connectivity index (χ3n) is 3.59. The maximum Gasteiger partial charge on any atom is 0.412 e. The van der Waals surface area contributed by atoms with E-state index in [0.717, 1.165) is 0 Å². The van der Waals surface area contributed by atoms with Crippen molar-refractivity contribution in [2.75, 3.05) is 5.73 Å². The summed E-state index contributed by atoms with van der Waals surface area (Å²) in [5.74, 6) is -1.81. The smallest absolute Gasteiger partial charge is 0.399 e. The molecule has 0 atom stereocenters. The molecule has 7 heteroatoms. The number of nitrogens with two attached hydrogens (primary N) is 1. The fourth-order valence-corrected chi connectivity index (χ4v) is 2.40. The van der Waals surface area contributed by atoms with Crippen molar-refractivity contribution in [3.05, 3.63) is 29.3 Å². The highest BCUT2D eigenvalue weighted by Gasteiger charge is 2.71. The van der Waals surface area contributed by atoms with Crippen molar-refractivity contribution < 1.29 is 22.8 Å². The number of rotatable bonds is 1. The molecule has 4 nitrogen and oxygen atoms in total. The van der Waals surface area contributed by atoms with Crippen molar-refractivity contribution in [1.29, 1.82) is 0 Å². The Hall–Kier alpha value is -2.05. The average Bonchev–Trinajstić information content (AvgIpc) is 3.05. The molecule has 0 bridgehead atoms. The summed E-state index contributed by atoms with van der Waals surface area (Å²) in [6.45, 7) is 0. The molecule has 1 aliphatic heterocycles. The number of halogens is 3. The lowest BCUT2D eigenvalue weighted by molar-refractivity contribution is -0.181. The highest BCUT2D eigenvalue weighted by Crippen LogP contribution is 2.55. The van der Waals surface area contributed by atoms with Crippen molar-refractivity contribution in [1.82, 2.24) is 4.90 Å². The van der Waals surface area contributed by atoms with Gasteiger partial charge in [-0.15, -0.1) is 0 Å². The summed E-state index contributed by atoms with van der Waals surface area (Å²) in [6, 6.07) is 3.92. The van der Waals surface area contributed by atoms with Crippen LogP contribution in [0.1, 0.15) is 33.6 Å². The van der Waals surface area contributed by atoms with Crippen LogP contribution in [0.5, 0.6) is 0 Å². The van der Waals surface area contributed by atoms with E-state index in [2.05, 4.69) is 0 Å². The van der Waals surface area contributed by atoms with Gasteiger partial charge in [-0.25, -0.2) is 0 Å². The summed E-state index contributed by atoms with van der Waals surface area (Å²) in [7, 11) is 0. The van der Waals surface area contributed by atoms with Crippen molar-refractivity contribution >= 4 is 17.5 Å². The standard InChI is InChI=1S/C12H9F3N2O2/c13-12(14,15)11(3-4-11)17-9(18)7-2-1-6(16)5-8(7)10(17)19/h1-2,5H,3-4,16H2. The molecule has 1 aromatic carbocycles. The van der Waals surface area contributed by atoms with E-state index in [0.29, 0.717) is 4.90 Å². The number of fused-ring (bicyclic) bond motifs is 1. The number of nitrogens with zero attached hydrogens (tertiary/aromatic N) is 1. The molecular weight excluding hydrogens is 261 g/mol. The number of imide groups is 1. The van der Waals surface area contributed by atoms with Gasteiger partial charge in [-0.3, -0.25) is 14.5 Å². The molecule has 0 saturated heterocycles. The summed E-state index contributed by atoms with van der Waals surface area (Å²) in [4.78, 5) is 24.4. The van der Waals surface area contributed by atoms with Crippen LogP contribution in [0.3, 0.4) is 0 Å². The fourth-order valence-electron chi connectivity index (χ4n) is 2.40. The molecule has 19 heavy (non-hydrogen) atoms. The first-order valence-corrected chi connectivity index (χ1v) is 5.63. The number of carbonyl (C=O) groups is 2. The Kier molecular flexibility index (Phi) is 2.08. The van der Waals surface area contributed by atoms with Gasteiger partial charge in [0.25, 0.3) is 11.8 Å². The number of alkyl halides is 3. The van der Waals surface area contributed by atoms with E-state index in [1.807, 2.05) is 0 Å². The van der Waals surface area contributed by atoms with Crippen LogP contribution in [-0.4, -0.2) is 28.4 Å². The number of hydrogen-bond acceptors (Lipinski definition) is 3. The summed E-state index contributed by atoms with van der Waals surface area (Å²) in [5, 5.41) is 0.